The zero-order chi connectivity index (χ0) is 16.8. The van der Waals surface area contributed by atoms with E-state index in [4.69, 9.17) is 9.15 Å². The summed E-state index contributed by atoms with van der Waals surface area (Å²) in [5.74, 6) is 0.805. The third-order valence-electron chi connectivity index (χ3n) is 2.67. The number of rotatable bonds is 7. The van der Waals surface area contributed by atoms with Crippen LogP contribution in [-0.2, 0) is 11.3 Å². The van der Waals surface area contributed by atoms with Crippen LogP contribution >= 0.6 is 15.9 Å². The number of halogens is 1. The predicted octanol–water partition coefficient (Wildman–Crippen LogP) is 2.75. The summed E-state index contributed by atoms with van der Waals surface area (Å²) < 4.78 is 11.5. The number of aliphatic hydroxyl groups excluding tert-OH is 1. The van der Waals surface area contributed by atoms with Gasteiger partial charge in [-0.1, -0.05) is 0 Å². The fourth-order valence-corrected chi connectivity index (χ4v) is 2.11. The highest BCUT2D eigenvalue weighted by molar-refractivity contribution is 9.10. The molecule has 0 radical (unpaired) electrons. The van der Waals surface area contributed by atoms with Gasteiger partial charge in [0.15, 0.2) is 0 Å². The lowest BCUT2D eigenvalue weighted by Crippen LogP contribution is -2.43. The van der Waals surface area contributed by atoms with Gasteiger partial charge in [-0.15, -0.1) is 0 Å². The van der Waals surface area contributed by atoms with Crippen molar-refractivity contribution < 1.29 is 19.1 Å². The summed E-state index contributed by atoms with van der Waals surface area (Å²) in [7, 11) is 0. The van der Waals surface area contributed by atoms with Crippen molar-refractivity contribution in [1.29, 1.82) is 0 Å². The average molecular weight is 377 g/mol. The molecule has 1 heterocycles. The second-order valence-electron chi connectivity index (χ2n) is 6.14. The summed E-state index contributed by atoms with van der Waals surface area (Å²) >= 11 is 3.38. The van der Waals surface area contributed by atoms with Gasteiger partial charge in [-0.25, -0.2) is 4.79 Å². The van der Waals surface area contributed by atoms with Gasteiger partial charge in [0, 0.05) is 19.6 Å². The summed E-state index contributed by atoms with van der Waals surface area (Å²) in [6.45, 7) is 8.90. The first-order chi connectivity index (χ1) is 10.2. The highest BCUT2D eigenvalue weighted by Crippen LogP contribution is 2.16. The van der Waals surface area contributed by atoms with Crippen LogP contribution in [0.2, 0.25) is 0 Å². The van der Waals surface area contributed by atoms with Crippen molar-refractivity contribution in [2.45, 2.75) is 45.9 Å². The zero-order valence-corrected chi connectivity index (χ0v) is 15.1. The molecule has 0 saturated carbocycles. The van der Waals surface area contributed by atoms with Crippen LogP contribution in [-0.4, -0.2) is 47.4 Å². The van der Waals surface area contributed by atoms with Crippen LogP contribution in [0.4, 0.5) is 4.79 Å². The van der Waals surface area contributed by atoms with Crippen LogP contribution < -0.4 is 5.32 Å². The highest BCUT2D eigenvalue weighted by atomic mass is 79.9. The fourth-order valence-electron chi connectivity index (χ4n) is 1.77. The van der Waals surface area contributed by atoms with E-state index in [0.717, 1.165) is 10.2 Å². The van der Waals surface area contributed by atoms with E-state index < -0.39 is 17.8 Å². The number of carbonyl (C=O) groups excluding carboxylic acids is 1. The predicted molar refractivity (Wildman–Crippen MR) is 87.6 cm³/mol. The van der Waals surface area contributed by atoms with Gasteiger partial charge in [-0.05, 0) is 49.7 Å². The standard InChI is InChI=1S/C15H25BrN2O4/c1-11(19)10-18(14(20)22-15(2,3)4)7-6-17-9-13-12(16)5-8-21-13/h5,8,11,17,19H,6-7,9-10H2,1-4H3. The number of nitrogens with zero attached hydrogens (tertiary/aromatic N) is 1. The molecule has 6 nitrogen and oxygen atoms in total. The van der Waals surface area contributed by atoms with Crippen LogP contribution in [0.3, 0.4) is 0 Å². The largest absolute Gasteiger partial charge is 0.467 e. The Labute approximate surface area is 139 Å². The van der Waals surface area contributed by atoms with Gasteiger partial charge in [0.05, 0.1) is 23.4 Å². The smallest absolute Gasteiger partial charge is 0.410 e. The van der Waals surface area contributed by atoms with Gasteiger partial charge >= 0.3 is 6.09 Å². The van der Waals surface area contributed by atoms with Crippen LogP contribution in [0.1, 0.15) is 33.5 Å². The molecule has 0 fully saturated rings. The minimum atomic E-state index is -0.605. The second kappa shape index (κ2) is 8.55. The van der Waals surface area contributed by atoms with E-state index in [2.05, 4.69) is 21.2 Å². The van der Waals surface area contributed by atoms with Crippen molar-refractivity contribution >= 4 is 22.0 Å². The van der Waals surface area contributed by atoms with Crippen molar-refractivity contribution in [3.63, 3.8) is 0 Å². The first-order valence-corrected chi connectivity index (χ1v) is 8.07. The van der Waals surface area contributed by atoms with Crippen molar-refractivity contribution in [1.82, 2.24) is 10.2 Å². The molecule has 0 aromatic carbocycles. The summed E-state index contributed by atoms with van der Waals surface area (Å²) in [4.78, 5) is 13.6. The molecule has 1 atom stereocenters. The van der Waals surface area contributed by atoms with Crippen molar-refractivity contribution in [2.75, 3.05) is 19.6 Å². The maximum atomic E-state index is 12.1. The number of hydrogen-bond donors (Lipinski definition) is 2. The first-order valence-electron chi connectivity index (χ1n) is 7.27. The van der Waals surface area contributed by atoms with Crippen molar-refractivity contribution in [2.24, 2.45) is 0 Å². The normalized spacial score (nSPS) is 13.0. The Kier molecular flexibility index (Phi) is 7.38. The van der Waals surface area contributed by atoms with E-state index in [0.29, 0.717) is 19.6 Å². The lowest BCUT2D eigenvalue weighted by molar-refractivity contribution is 0.0164. The Hall–Kier alpha value is -1.05. The van der Waals surface area contributed by atoms with Gasteiger partial charge in [-0.2, -0.15) is 0 Å². The highest BCUT2D eigenvalue weighted by Gasteiger charge is 2.22. The zero-order valence-electron chi connectivity index (χ0n) is 13.6. The number of amides is 1. The molecule has 1 aromatic heterocycles. The van der Waals surface area contributed by atoms with E-state index in [9.17, 15) is 9.90 Å². The fraction of sp³-hybridized carbons (Fsp3) is 0.667. The molecule has 0 bridgehead atoms. The van der Waals surface area contributed by atoms with Gasteiger partial charge in [0.1, 0.15) is 11.4 Å². The van der Waals surface area contributed by atoms with Crippen LogP contribution in [0, 0.1) is 0 Å². The van der Waals surface area contributed by atoms with E-state index in [1.165, 1.54) is 4.90 Å². The summed E-state index contributed by atoms with van der Waals surface area (Å²) in [5.41, 5.74) is -0.555. The van der Waals surface area contributed by atoms with Gasteiger partial charge < -0.3 is 24.5 Å². The molecule has 22 heavy (non-hydrogen) atoms. The van der Waals surface area contributed by atoms with Crippen LogP contribution in [0.5, 0.6) is 0 Å². The molecule has 7 heteroatoms. The molecule has 0 aliphatic rings. The molecule has 1 unspecified atom stereocenters. The Morgan fingerprint density at radius 1 is 1.55 bits per heavy atom. The maximum absolute atomic E-state index is 12.1. The number of furan rings is 1. The van der Waals surface area contributed by atoms with Crippen LogP contribution in [0.25, 0.3) is 0 Å². The summed E-state index contributed by atoms with van der Waals surface area (Å²) in [6, 6.07) is 1.83. The molecule has 126 valence electrons. The lowest BCUT2D eigenvalue weighted by Gasteiger charge is -2.28. The molecule has 0 aliphatic heterocycles. The second-order valence-corrected chi connectivity index (χ2v) is 7.00. The van der Waals surface area contributed by atoms with E-state index in [1.54, 1.807) is 13.2 Å². The Balaban J connectivity index is 2.44. The summed E-state index contributed by atoms with van der Waals surface area (Å²) in [5, 5.41) is 12.7. The molecular weight excluding hydrogens is 352 g/mol. The Bertz CT molecular complexity index is 468. The topological polar surface area (TPSA) is 74.9 Å². The molecular formula is C15H25BrN2O4. The third kappa shape index (κ3) is 7.29. The lowest BCUT2D eigenvalue weighted by atomic mass is 10.2. The summed E-state index contributed by atoms with van der Waals surface area (Å²) in [6.07, 6.45) is 0.586. The molecule has 0 aliphatic carbocycles. The molecule has 1 amide bonds. The van der Waals surface area contributed by atoms with Gasteiger partial charge in [0.25, 0.3) is 0 Å². The maximum Gasteiger partial charge on any atom is 0.410 e. The molecule has 0 spiro atoms. The third-order valence-corrected chi connectivity index (χ3v) is 3.38. The average Bonchev–Trinajstić information content (AvgIpc) is 2.76. The van der Waals surface area contributed by atoms with E-state index in [-0.39, 0.29) is 6.54 Å². The Morgan fingerprint density at radius 3 is 2.73 bits per heavy atom. The van der Waals surface area contributed by atoms with E-state index >= 15 is 0 Å². The quantitative estimate of drug-likeness (QED) is 0.715. The number of hydrogen-bond acceptors (Lipinski definition) is 5. The van der Waals surface area contributed by atoms with Gasteiger partial charge in [-0.3, -0.25) is 0 Å². The first kappa shape index (κ1) is 19.0. The number of ether oxygens (including phenoxy) is 1. The SMILES string of the molecule is CC(O)CN(CCNCc1occc1Br)C(=O)OC(C)(C)C. The van der Waals surface area contributed by atoms with Gasteiger partial charge in [0.2, 0.25) is 0 Å². The number of carbonyl (C=O) groups is 1. The van der Waals surface area contributed by atoms with E-state index in [1.807, 2.05) is 26.8 Å². The molecule has 1 rings (SSSR count). The number of aliphatic hydroxyl groups is 1. The van der Waals surface area contributed by atoms with Crippen molar-refractivity contribution in [3.05, 3.63) is 22.6 Å². The Morgan fingerprint density at radius 2 is 2.23 bits per heavy atom. The minimum Gasteiger partial charge on any atom is -0.467 e. The number of nitrogens with one attached hydrogen (secondary N) is 1. The minimum absolute atomic E-state index is 0.237. The molecule has 2 N–H and O–H groups in total. The van der Waals surface area contributed by atoms with Crippen LogP contribution in [0.15, 0.2) is 21.2 Å². The molecule has 0 saturated heterocycles. The monoisotopic (exact) mass is 376 g/mol. The molecule has 1 aromatic rings. The van der Waals surface area contributed by atoms with Crippen molar-refractivity contribution in [3.8, 4) is 0 Å².